The van der Waals surface area contributed by atoms with Crippen molar-refractivity contribution >= 4 is 13.6 Å². The van der Waals surface area contributed by atoms with Crippen LogP contribution in [0.25, 0.3) is 0 Å². The van der Waals surface area contributed by atoms with Crippen molar-refractivity contribution in [3.8, 4) is 0 Å². The smallest absolute Gasteiger partial charge is 0.195 e. The molecule has 6 heteroatoms. The van der Waals surface area contributed by atoms with Crippen LogP contribution in [0.4, 0.5) is 0 Å². The van der Waals surface area contributed by atoms with Crippen LogP contribution in [-0.2, 0) is 4.79 Å². The molecule has 7 unspecified atom stereocenters. The molecule has 9 atom stereocenters. The monoisotopic (exact) mass is 444 g/mol. The van der Waals surface area contributed by atoms with Gasteiger partial charge in [-0.3, -0.25) is 0 Å². The maximum absolute atomic E-state index is 11.5. The third-order valence-corrected chi connectivity index (χ3v) is 10.7. The fourth-order valence-electron chi connectivity index (χ4n) is 8.77. The molecular formula is C26H41BO5. The first kappa shape index (κ1) is 24.4. The molecule has 0 aromatic rings. The summed E-state index contributed by atoms with van der Waals surface area (Å²) in [7, 11) is 6.23. The van der Waals surface area contributed by atoms with Crippen molar-refractivity contribution in [2.45, 2.75) is 103 Å². The molecule has 3 saturated carbocycles. The third-order valence-electron chi connectivity index (χ3n) is 10.7. The van der Waals surface area contributed by atoms with Crippen LogP contribution in [0.2, 0.25) is 0 Å². The fourth-order valence-corrected chi connectivity index (χ4v) is 8.77. The molecule has 2 radical (unpaired) electrons. The number of aliphatic hydroxyl groups is 4. The van der Waals surface area contributed by atoms with Crippen molar-refractivity contribution in [1.29, 1.82) is 0 Å². The third kappa shape index (κ3) is 3.15. The maximum atomic E-state index is 11.5. The van der Waals surface area contributed by atoms with Gasteiger partial charge in [-0.15, -0.1) is 0 Å². The second-order valence-electron chi connectivity index (χ2n) is 12.4. The molecule has 0 aliphatic heterocycles. The molecule has 4 rings (SSSR count). The number of rotatable bonds is 4. The van der Waals surface area contributed by atoms with E-state index in [1.165, 1.54) is 13.3 Å². The summed E-state index contributed by atoms with van der Waals surface area (Å²) in [5, 5.41) is 43.6. The Morgan fingerprint density at radius 3 is 2.41 bits per heavy atom. The van der Waals surface area contributed by atoms with E-state index < -0.39 is 22.3 Å². The zero-order chi connectivity index (χ0) is 23.9. The highest BCUT2D eigenvalue weighted by atomic mass is 16.5. The molecule has 0 bridgehead atoms. The Labute approximate surface area is 194 Å². The number of ketones is 1. The second kappa shape index (κ2) is 7.40. The van der Waals surface area contributed by atoms with E-state index in [0.717, 1.165) is 32.1 Å². The van der Waals surface area contributed by atoms with E-state index in [9.17, 15) is 25.2 Å². The topological polar surface area (TPSA) is 98.0 Å². The summed E-state index contributed by atoms with van der Waals surface area (Å²) in [5.41, 5.74) is -4.37. The summed E-state index contributed by atoms with van der Waals surface area (Å²) in [4.78, 5) is 11.5. The molecule has 0 amide bonds. The Balaban J connectivity index is 1.65. The lowest BCUT2D eigenvalue weighted by Gasteiger charge is -2.65. The predicted molar refractivity (Wildman–Crippen MR) is 124 cm³/mol. The van der Waals surface area contributed by atoms with Crippen molar-refractivity contribution in [3.63, 3.8) is 0 Å². The van der Waals surface area contributed by atoms with E-state index >= 15 is 0 Å². The van der Waals surface area contributed by atoms with Crippen molar-refractivity contribution in [1.82, 2.24) is 0 Å². The molecule has 4 N–H and O–H groups in total. The van der Waals surface area contributed by atoms with Crippen LogP contribution in [0.3, 0.4) is 0 Å². The van der Waals surface area contributed by atoms with Gasteiger partial charge in [-0.25, -0.2) is 0 Å². The summed E-state index contributed by atoms with van der Waals surface area (Å²) in [5.74, 6) is -0.0156. The molecule has 0 aromatic carbocycles. The minimum atomic E-state index is -2.48. The van der Waals surface area contributed by atoms with Crippen LogP contribution < -0.4 is 0 Å². The van der Waals surface area contributed by atoms with Gasteiger partial charge in [-0.2, -0.15) is 0 Å². The summed E-state index contributed by atoms with van der Waals surface area (Å²) in [6.07, 6.45) is 8.67. The first-order chi connectivity index (χ1) is 14.6. The van der Waals surface area contributed by atoms with Gasteiger partial charge in [0, 0.05) is 12.8 Å². The maximum Gasteiger partial charge on any atom is 0.195 e. The Morgan fingerprint density at radius 1 is 1.12 bits per heavy atom. The Bertz CT molecular complexity index is 817. The molecular weight excluding hydrogens is 403 g/mol. The second-order valence-corrected chi connectivity index (χ2v) is 12.4. The van der Waals surface area contributed by atoms with Crippen LogP contribution in [0, 0.1) is 40.4 Å². The van der Waals surface area contributed by atoms with Gasteiger partial charge in [0.1, 0.15) is 19.2 Å². The molecule has 0 heterocycles. The predicted octanol–water partition coefficient (Wildman–Crippen LogP) is 3.08. The van der Waals surface area contributed by atoms with Crippen molar-refractivity contribution in [2.75, 3.05) is 0 Å². The Hall–Kier alpha value is -0.685. The molecule has 0 saturated heterocycles. The van der Waals surface area contributed by atoms with E-state index in [4.69, 9.17) is 7.85 Å². The lowest BCUT2D eigenvalue weighted by molar-refractivity contribution is -0.331. The van der Waals surface area contributed by atoms with E-state index in [-0.39, 0.29) is 23.5 Å². The van der Waals surface area contributed by atoms with Gasteiger partial charge >= 0.3 is 0 Å². The lowest BCUT2D eigenvalue weighted by atomic mass is 9.40. The van der Waals surface area contributed by atoms with Gasteiger partial charge in [0.05, 0.1) is 5.50 Å². The van der Waals surface area contributed by atoms with Crippen LogP contribution >= 0.6 is 0 Å². The minimum Gasteiger partial charge on any atom is -0.392 e. The summed E-state index contributed by atoms with van der Waals surface area (Å²) in [6, 6.07) is 0. The number of hydrogen-bond donors (Lipinski definition) is 4. The number of carbonyl (C=O) groups excluding carboxylic acids is 1. The molecule has 0 aromatic heterocycles. The number of allylic oxidation sites excluding steroid dienone is 1. The van der Waals surface area contributed by atoms with Gasteiger partial charge in [-0.05, 0) is 98.4 Å². The summed E-state index contributed by atoms with van der Waals surface area (Å²) in [6.45, 7) is 9.62. The standard InChI is InChI=1S/C26H41BO5/c1-15(6-7-16(2)28)18-9-10-19-17-8-11-21-23(4,20(17)12-13-22(18,19)3)14-25(30,31)24(5,29)26(21,27)32/h11,15,17-20,29-32H,6-10,12-14H2,1-5H3/t15-,17?,18?,19?,20?,22?,23?,24+,26?/m1/s1. The van der Waals surface area contributed by atoms with Crippen LogP contribution in [-0.4, -0.2) is 50.9 Å². The number of carbonyl (C=O) groups is 1. The zero-order valence-corrected chi connectivity index (χ0v) is 20.4. The van der Waals surface area contributed by atoms with Crippen molar-refractivity contribution in [3.05, 3.63) is 11.6 Å². The van der Waals surface area contributed by atoms with Crippen molar-refractivity contribution < 1.29 is 25.2 Å². The highest BCUT2D eigenvalue weighted by Gasteiger charge is 2.70. The van der Waals surface area contributed by atoms with Crippen molar-refractivity contribution in [2.24, 2.45) is 40.4 Å². The molecule has 3 fully saturated rings. The van der Waals surface area contributed by atoms with E-state index in [2.05, 4.69) is 13.8 Å². The fraction of sp³-hybridized carbons (Fsp3) is 0.885. The Kier molecular flexibility index (Phi) is 5.66. The molecule has 4 aliphatic carbocycles. The molecule has 32 heavy (non-hydrogen) atoms. The van der Waals surface area contributed by atoms with Gasteiger partial charge in [0.15, 0.2) is 5.79 Å². The van der Waals surface area contributed by atoms with E-state index in [1.807, 2.05) is 13.0 Å². The first-order valence-corrected chi connectivity index (χ1v) is 12.5. The summed E-state index contributed by atoms with van der Waals surface area (Å²) >= 11 is 0. The first-order valence-electron chi connectivity index (χ1n) is 12.5. The largest absolute Gasteiger partial charge is 0.392 e. The van der Waals surface area contributed by atoms with Crippen LogP contribution in [0.15, 0.2) is 11.6 Å². The van der Waals surface area contributed by atoms with Crippen LogP contribution in [0.1, 0.15) is 86.0 Å². The van der Waals surface area contributed by atoms with Gasteiger partial charge in [0.25, 0.3) is 0 Å². The van der Waals surface area contributed by atoms with Gasteiger partial charge in [-0.1, -0.05) is 26.8 Å². The van der Waals surface area contributed by atoms with Gasteiger partial charge < -0.3 is 25.2 Å². The van der Waals surface area contributed by atoms with E-state index in [0.29, 0.717) is 35.7 Å². The average Bonchev–Trinajstić information content (AvgIpc) is 3.01. The number of fused-ring (bicyclic) bond motifs is 5. The number of Topliss-reactive ketones (excluding diaryl/α,β-unsaturated/α-hetero) is 1. The summed E-state index contributed by atoms with van der Waals surface area (Å²) < 4.78 is 0. The minimum absolute atomic E-state index is 0.0403. The SMILES string of the molecule is [B]C1(O)C2=CCC3C(CCC4(C)C3CCC4[C@H](C)CCC(C)=O)C2(C)CC(O)(O)[C@]1(C)O. The highest BCUT2D eigenvalue weighted by molar-refractivity contribution is 6.18. The molecule has 178 valence electrons. The normalized spacial score (nSPS) is 50.6. The zero-order valence-electron chi connectivity index (χ0n) is 20.4. The quantitative estimate of drug-likeness (QED) is 0.304. The lowest BCUT2D eigenvalue weighted by Crippen LogP contribution is -2.75. The molecule has 4 aliphatic rings. The molecule has 0 spiro atoms. The number of hydrogen-bond acceptors (Lipinski definition) is 5. The molecule has 5 nitrogen and oxygen atoms in total. The highest BCUT2D eigenvalue weighted by Crippen LogP contribution is 2.69. The van der Waals surface area contributed by atoms with Crippen LogP contribution in [0.5, 0.6) is 0 Å². The van der Waals surface area contributed by atoms with E-state index in [1.54, 1.807) is 6.92 Å². The Morgan fingerprint density at radius 2 is 1.78 bits per heavy atom. The van der Waals surface area contributed by atoms with Gasteiger partial charge in [0.2, 0.25) is 0 Å². The average molecular weight is 444 g/mol.